The van der Waals surface area contributed by atoms with Crippen LogP contribution in [0, 0.1) is 11.6 Å². The number of nitrogen functional groups attached to an aromatic ring is 2. The van der Waals surface area contributed by atoms with Crippen molar-refractivity contribution in [3.05, 3.63) is 196 Å². The number of anilines is 2. The minimum absolute atomic E-state index is 0.111. The molecule has 0 aliphatic rings. The molecule has 0 spiro atoms. The maximum atomic E-state index is 13.6. The van der Waals surface area contributed by atoms with E-state index in [-0.39, 0.29) is 29.2 Å². The Morgan fingerprint density at radius 2 is 0.971 bits per heavy atom. The lowest BCUT2D eigenvalue weighted by Gasteiger charge is -2.17. The van der Waals surface area contributed by atoms with Crippen molar-refractivity contribution < 1.29 is 18.6 Å². The highest BCUT2D eigenvalue weighted by atomic mass is 79.9. The van der Waals surface area contributed by atoms with E-state index in [4.69, 9.17) is 49.5 Å². The highest BCUT2D eigenvalue weighted by Crippen LogP contribution is 2.39. The molecule has 10 aromatic rings. The number of nitrogens with two attached hydrogens (primary N) is 2. The molecule has 0 fully saturated rings. The highest BCUT2D eigenvalue weighted by Gasteiger charge is 2.21. The fourth-order valence-electron chi connectivity index (χ4n) is 7.00. The monoisotopic (exact) mass is 1020 g/mol. The standard InChI is InChI=1S/C26H19ClFN5O.C19H11BrClFN4.C7H9NO/c1-15(21-6-2-3-11-30-21)34-26-25(29)32-23(16-7-9-19(28)10-8-16)24(33-26)18-13-17-5-4-12-31-22(17)20(27)14-18;20-18-19(23)26-16(10-3-5-13(22)6-4-10)17(25-18)12-8-11-2-1-7-24-15(11)14(21)9-12;1-6(9)7-4-2-3-5-8-7/h2-15H,1H3,(H2,29,32);1-9H,(H2,23,26);2-6,9H,1H3. The third-order valence-corrected chi connectivity index (χ3v) is 11.5. The average Bonchev–Trinajstić information content (AvgIpc) is 3.36. The van der Waals surface area contributed by atoms with Gasteiger partial charge in [-0.05, 0) is 139 Å². The van der Waals surface area contributed by atoms with Crippen LogP contribution >= 0.6 is 39.1 Å². The Kier molecular flexibility index (Phi) is 15.0. The largest absolute Gasteiger partial charge is 0.466 e. The number of pyridine rings is 4. The first-order valence-electron chi connectivity index (χ1n) is 21.1. The average molecular weight is 1020 g/mol. The molecular formula is C52H39BrCl2F2N10O2. The molecule has 12 nitrogen and oxygen atoms in total. The number of ether oxygens (including phenoxy) is 1. The van der Waals surface area contributed by atoms with Crippen molar-refractivity contribution in [1.29, 1.82) is 0 Å². The molecule has 0 saturated carbocycles. The number of aliphatic hydroxyl groups is 1. The Morgan fingerprint density at radius 3 is 1.43 bits per heavy atom. The quantitative estimate of drug-likeness (QED) is 0.131. The molecule has 0 bridgehead atoms. The second-order valence-electron chi connectivity index (χ2n) is 15.2. The summed E-state index contributed by atoms with van der Waals surface area (Å²) in [5.74, 6) is -0.147. The van der Waals surface area contributed by atoms with Crippen molar-refractivity contribution >= 4 is 72.6 Å². The van der Waals surface area contributed by atoms with Crippen molar-refractivity contribution in [2.45, 2.75) is 26.1 Å². The lowest BCUT2D eigenvalue weighted by molar-refractivity contribution is 0.194. The van der Waals surface area contributed by atoms with Crippen molar-refractivity contribution in [2.75, 3.05) is 11.5 Å². The van der Waals surface area contributed by atoms with E-state index < -0.39 is 12.2 Å². The van der Waals surface area contributed by atoms with Gasteiger partial charge in [0.25, 0.3) is 5.88 Å². The van der Waals surface area contributed by atoms with Gasteiger partial charge >= 0.3 is 0 Å². The van der Waals surface area contributed by atoms with Gasteiger partial charge in [-0.25, -0.2) is 28.7 Å². The van der Waals surface area contributed by atoms with Gasteiger partial charge in [-0.15, -0.1) is 0 Å². The second kappa shape index (κ2) is 21.6. The topological polar surface area (TPSA) is 185 Å². The number of hydrogen-bond donors (Lipinski definition) is 3. The second-order valence-corrected chi connectivity index (χ2v) is 16.8. The van der Waals surface area contributed by atoms with E-state index in [2.05, 4.69) is 50.8 Å². The lowest BCUT2D eigenvalue weighted by Crippen LogP contribution is -2.10. The summed E-state index contributed by atoms with van der Waals surface area (Å²) in [4.78, 5) is 35.2. The molecule has 0 aliphatic heterocycles. The van der Waals surface area contributed by atoms with Crippen LogP contribution in [0.15, 0.2) is 163 Å². The summed E-state index contributed by atoms with van der Waals surface area (Å²) in [5.41, 5.74) is 20.0. The molecule has 5 N–H and O–H groups in total. The number of aromatic nitrogens is 8. The molecule has 6 aromatic heterocycles. The van der Waals surface area contributed by atoms with Crippen LogP contribution in [0.4, 0.5) is 20.4 Å². The number of nitrogens with zero attached hydrogens (tertiary/aromatic N) is 8. The summed E-state index contributed by atoms with van der Waals surface area (Å²) >= 11 is 16.3. The van der Waals surface area contributed by atoms with E-state index in [1.807, 2.05) is 73.7 Å². The minimum atomic E-state index is -0.453. The van der Waals surface area contributed by atoms with Crippen LogP contribution in [-0.2, 0) is 0 Å². The summed E-state index contributed by atoms with van der Waals surface area (Å²) in [6, 6.07) is 38.0. The Balaban J connectivity index is 0.000000161. The molecule has 69 heavy (non-hydrogen) atoms. The Labute approximate surface area is 413 Å². The van der Waals surface area contributed by atoms with Crippen molar-refractivity contribution in [3.8, 4) is 50.9 Å². The number of hydrogen-bond acceptors (Lipinski definition) is 12. The van der Waals surface area contributed by atoms with Crippen LogP contribution in [0.5, 0.6) is 5.88 Å². The van der Waals surface area contributed by atoms with Crippen LogP contribution < -0.4 is 16.2 Å². The molecule has 0 aliphatic carbocycles. The van der Waals surface area contributed by atoms with Gasteiger partial charge in [0.1, 0.15) is 28.0 Å². The van der Waals surface area contributed by atoms with Crippen molar-refractivity contribution in [1.82, 2.24) is 39.9 Å². The number of halogens is 5. The molecule has 17 heteroatoms. The predicted octanol–water partition coefficient (Wildman–Crippen LogP) is 12.9. The Bertz CT molecular complexity index is 3400. The van der Waals surface area contributed by atoms with Gasteiger partial charge in [0.2, 0.25) is 0 Å². The molecule has 2 atom stereocenters. The van der Waals surface area contributed by atoms with Crippen LogP contribution in [0.25, 0.3) is 66.8 Å². The molecule has 6 heterocycles. The van der Waals surface area contributed by atoms with Gasteiger partial charge in [0, 0.05) is 57.8 Å². The maximum absolute atomic E-state index is 13.6. The SMILES string of the molecule is CC(O)c1ccccn1.CC(Oc1nc(-c2cc(Cl)c3ncccc3c2)c(-c2ccc(F)cc2)nc1N)c1ccccn1.Nc1nc(-c2ccc(F)cc2)c(-c2cc(Cl)c3ncccc3c2)nc1Br. The van der Waals surface area contributed by atoms with Gasteiger partial charge in [-0.2, -0.15) is 0 Å². The molecular weight excluding hydrogens is 985 g/mol. The minimum Gasteiger partial charge on any atom is -0.466 e. The van der Waals surface area contributed by atoms with Gasteiger partial charge in [0.05, 0.1) is 55.7 Å². The van der Waals surface area contributed by atoms with E-state index in [1.165, 1.54) is 24.3 Å². The zero-order chi connectivity index (χ0) is 48.6. The van der Waals surface area contributed by atoms with E-state index >= 15 is 0 Å². The number of rotatable bonds is 8. The number of benzene rings is 4. The Morgan fingerprint density at radius 1 is 0.522 bits per heavy atom. The Hall–Kier alpha value is -7.56. The van der Waals surface area contributed by atoms with Crippen molar-refractivity contribution in [3.63, 3.8) is 0 Å². The van der Waals surface area contributed by atoms with Crippen LogP contribution in [0.1, 0.15) is 37.4 Å². The van der Waals surface area contributed by atoms with Crippen molar-refractivity contribution in [2.24, 2.45) is 0 Å². The summed E-state index contributed by atoms with van der Waals surface area (Å²) in [5, 5.41) is 11.7. The number of aliphatic hydroxyl groups excluding tert-OH is 1. The first kappa shape index (κ1) is 47.9. The molecule has 344 valence electrons. The summed E-state index contributed by atoms with van der Waals surface area (Å²) < 4.78 is 33.4. The van der Waals surface area contributed by atoms with Crippen LogP contribution in [0.2, 0.25) is 10.0 Å². The molecule has 0 radical (unpaired) electrons. The lowest BCUT2D eigenvalue weighted by atomic mass is 10.0. The maximum Gasteiger partial charge on any atom is 0.258 e. The predicted molar refractivity (Wildman–Crippen MR) is 271 cm³/mol. The molecule has 10 rings (SSSR count). The van der Waals surface area contributed by atoms with E-state index in [0.717, 1.165) is 27.7 Å². The first-order chi connectivity index (χ1) is 33.3. The van der Waals surface area contributed by atoms with Crippen LogP contribution in [0.3, 0.4) is 0 Å². The third-order valence-electron chi connectivity index (χ3n) is 10.4. The summed E-state index contributed by atoms with van der Waals surface area (Å²) in [6.45, 7) is 3.55. The third kappa shape index (κ3) is 11.4. The van der Waals surface area contributed by atoms with Gasteiger partial charge in [-0.1, -0.05) is 47.5 Å². The normalized spacial score (nSPS) is 11.8. The van der Waals surface area contributed by atoms with Gasteiger partial charge in [-0.3, -0.25) is 19.9 Å². The summed E-state index contributed by atoms with van der Waals surface area (Å²) in [6.07, 6.45) is 5.88. The molecule has 0 amide bonds. The van der Waals surface area contributed by atoms with Gasteiger partial charge in [0.15, 0.2) is 11.6 Å². The van der Waals surface area contributed by atoms with Gasteiger partial charge < -0.3 is 21.3 Å². The number of fused-ring (bicyclic) bond motifs is 2. The fourth-order valence-corrected chi connectivity index (χ4v) is 7.82. The molecule has 2 unspecified atom stereocenters. The van der Waals surface area contributed by atoms with Crippen LogP contribution in [-0.4, -0.2) is 45.0 Å². The summed E-state index contributed by atoms with van der Waals surface area (Å²) in [7, 11) is 0. The highest BCUT2D eigenvalue weighted by molar-refractivity contribution is 9.10. The van der Waals surface area contributed by atoms with E-state index in [1.54, 1.807) is 74.2 Å². The molecule has 4 aromatic carbocycles. The fraction of sp³-hybridized carbons (Fsp3) is 0.0769. The smallest absolute Gasteiger partial charge is 0.258 e. The zero-order valence-electron chi connectivity index (χ0n) is 36.6. The molecule has 0 saturated heterocycles. The first-order valence-corrected chi connectivity index (χ1v) is 22.7. The van der Waals surface area contributed by atoms with E-state index in [9.17, 15) is 8.78 Å². The van der Waals surface area contributed by atoms with E-state index in [0.29, 0.717) is 65.1 Å². The zero-order valence-corrected chi connectivity index (χ0v) is 39.7.